The normalized spacial score (nSPS) is 15.9. The molecule has 0 bridgehead atoms. The third-order valence-corrected chi connectivity index (χ3v) is 6.61. The van der Waals surface area contributed by atoms with Gasteiger partial charge in [0.1, 0.15) is 23.1 Å². The van der Waals surface area contributed by atoms with Gasteiger partial charge in [0.05, 0.1) is 17.2 Å². The van der Waals surface area contributed by atoms with E-state index in [1.807, 2.05) is 0 Å². The molecule has 1 atom stereocenters. The third-order valence-electron chi connectivity index (χ3n) is 6.61. The number of aliphatic hydroxyl groups excluding tert-OH is 1. The standard InChI is InChI=1S/C27H28F8N2O5/c28-21-10-17(4-6-19(21)26(30,31)32)41-14-23(39)36-13-16(38)12-25(8-2-1-3-9-25)37-24(40)15-42-18-5-7-20(22(29)11-18)27(33,34)35/h4-7,10-11,16,38H,1-3,8-9,12-15H2,(H,36,39)(H,37,40)/t16-/m0/s1. The number of rotatable bonds is 11. The van der Waals surface area contributed by atoms with Crippen molar-refractivity contribution >= 4 is 11.8 Å². The summed E-state index contributed by atoms with van der Waals surface area (Å²) >= 11 is 0. The Morgan fingerprint density at radius 3 is 1.74 bits per heavy atom. The predicted molar refractivity (Wildman–Crippen MR) is 131 cm³/mol. The number of benzene rings is 2. The van der Waals surface area contributed by atoms with E-state index in [2.05, 4.69) is 10.6 Å². The molecule has 0 aliphatic heterocycles. The molecule has 2 aromatic rings. The molecule has 0 heterocycles. The Morgan fingerprint density at radius 2 is 1.29 bits per heavy atom. The number of aliphatic hydroxyl groups is 1. The van der Waals surface area contributed by atoms with Crippen molar-refractivity contribution in [2.75, 3.05) is 19.8 Å². The monoisotopic (exact) mass is 612 g/mol. The van der Waals surface area contributed by atoms with Gasteiger partial charge in [0.15, 0.2) is 13.2 Å². The van der Waals surface area contributed by atoms with Gasteiger partial charge < -0.3 is 25.2 Å². The van der Waals surface area contributed by atoms with E-state index in [0.717, 1.165) is 31.4 Å². The van der Waals surface area contributed by atoms with E-state index >= 15 is 0 Å². The Hall–Kier alpha value is -3.62. The van der Waals surface area contributed by atoms with Crippen LogP contribution in [0, 0.1) is 11.6 Å². The Kier molecular flexibility index (Phi) is 10.6. The number of carbonyl (C=O) groups is 2. The van der Waals surface area contributed by atoms with Gasteiger partial charge in [-0.15, -0.1) is 0 Å². The molecule has 1 saturated carbocycles. The van der Waals surface area contributed by atoms with Crippen LogP contribution in [0.4, 0.5) is 35.1 Å². The molecule has 7 nitrogen and oxygen atoms in total. The first-order valence-electron chi connectivity index (χ1n) is 12.8. The van der Waals surface area contributed by atoms with Crippen LogP contribution < -0.4 is 20.1 Å². The maximum absolute atomic E-state index is 13.8. The molecule has 0 aromatic heterocycles. The first-order chi connectivity index (χ1) is 19.6. The first-order valence-corrected chi connectivity index (χ1v) is 12.8. The largest absolute Gasteiger partial charge is 0.484 e. The highest BCUT2D eigenvalue weighted by atomic mass is 19.4. The second kappa shape index (κ2) is 13.6. The number of hydrogen-bond donors (Lipinski definition) is 3. The molecule has 3 rings (SSSR count). The van der Waals surface area contributed by atoms with Crippen LogP contribution in [0.25, 0.3) is 0 Å². The molecule has 2 amide bonds. The summed E-state index contributed by atoms with van der Waals surface area (Å²) in [7, 11) is 0. The van der Waals surface area contributed by atoms with E-state index in [-0.39, 0.29) is 24.5 Å². The lowest BCUT2D eigenvalue weighted by molar-refractivity contribution is -0.140. The van der Waals surface area contributed by atoms with Crippen molar-refractivity contribution in [2.24, 2.45) is 0 Å². The summed E-state index contributed by atoms with van der Waals surface area (Å²) in [5, 5.41) is 15.7. The molecule has 0 unspecified atom stereocenters. The summed E-state index contributed by atoms with van der Waals surface area (Å²) in [6.07, 6.45) is -7.57. The second-order valence-corrected chi connectivity index (χ2v) is 9.91. The van der Waals surface area contributed by atoms with Crippen molar-refractivity contribution in [3.05, 3.63) is 59.2 Å². The predicted octanol–water partition coefficient (Wildman–Crippen LogP) is 5.15. The van der Waals surface area contributed by atoms with Crippen molar-refractivity contribution in [1.29, 1.82) is 0 Å². The van der Waals surface area contributed by atoms with Crippen LogP contribution in [0.3, 0.4) is 0 Å². The zero-order chi connectivity index (χ0) is 31.1. The minimum atomic E-state index is -4.89. The van der Waals surface area contributed by atoms with Gasteiger partial charge >= 0.3 is 12.4 Å². The average Bonchev–Trinajstić information content (AvgIpc) is 2.88. The molecule has 1 aliphatic rings. The van der Waals surface area contributed by atoms with Gasteiger partial charge in [0, 0.05) is 24.2 Å². The van der Waals surface area contributed by atoms with Crippen LogP contribution in [0.1, 0.15) is 49.7 Å². The topological polar surface area (TPSA) is 96.9 Å². The number of carbonyl (C=O) groups excluding carboxylic acids is 2. The lowest BCUT2D eigenvalue weighted by atomic mass is 9.77. The molecule has 0 radical (unpaired) electrons. The fraction of sp³-hybridized carbons (Fsp3) is 0.481. The molecule has 0 spiro atoms. The second-order valence-electron chi connectivity index (χ2n) is 9.91. The van der Waals surface area contributed by atoms with Crippen LogP contribution in [-0.2, 0) is 21.9 Å². The van der Waals surface area contributed by atoms with Gasteiger partial charge in [-0.2, -0.15) is 26.3 Å². The summed E-state index contributed by atoms with van der Waals surface area (Å²) in [5.41, 5.74) is -3.82. The molecule has 232 valence electrons. The van der Waals surface area contributed by atoms with E-state index < -0.39 is 71.8 Å². The van der Waals surface area contributed by atoms with Gasteiger partial charge in [0.25, 0.3) is 11.8 Å². The lowest BCUT2D eigenvalue weighted by Gasteiger charge is -2.39. The summed E-state index contributed by atoms with van der Waals surface area (Å²) in [6.45, 7) is -1.55. The number of halogens is 8. The van der Waals surface area contributed by atoms with E-state index in [1.54, 1.807) is 0 Å². The minimum absolute atomic E-state index is 0.0267. The van der Waals surface area contributed by atoms with E-state index in [1.165, 1.54) is 0 Å². The number of ether oxygens (including phenoxy) is 2. The SMILES string of the molecule is O=C(COc1ccc(C(F)(F)F)c(F)c1)NC[C@@H](O)CC1(NC(=O)COc2ccc(C(F)(F)F)c(F)c2)CCCCC1. The minimum Gasteiger partial charge on any atom is -0.484 e. The van der Waals surface area contributed by atoms with Crippen LogP contribution in [-0.4, -0.2) is 48.3 Å². The van der Waals surface area contributed by atoms with Crippen molar-refractivity contribution in [3.8, 4) is 11.5 Å². The van der Waals surface area contributed by atoms with Crippen LogP contribution in [0.15, 0.2) is 36.4 Å². The van der Waals surface area contributed by atoms with Crippen LogP contribution in [0.2, 0.25) is 0 Å². The van der Waals surface area contributed by atoms with Gasteiger partial charge in [-0.1, -0.05) is 19.3 Å². The van der Waals surface area contributed by atoms with E-state index in [4.69, 9.17) is 9.47 Å². The van der Waals surface area contributed by atoms with Crippen molar-refractivity contribution in [2.45, 2.75) is 62.5 Å². The zero-order valence-corrected chi connectivity index (χ0v) is 22.0. The van der Waals surface area contributed by atoms with Gasteiger partial charge in [-0.3, -0.25) is 9.59 Å². The highest BCUT2D eigenvalue weighted by Gasteiger charge is 2.37. The molecule has 1 fully saturated rings. The lowest BCUT2D eigenvalue weighted by Crippen LogP contribution is -2.54. The highest BCUT2D eigenvalue weighted by molar-refractivity contribution is 5.78. The Balaban J connectivity index is 1.49. The Bertz CT molecular complexity index is 1250. The maximum atomic E-state index is 13.8. The highest BCUT2D eigenvalue weighted by Crippen LogP contribution is 2.35. The molecular formula is C27H28F8N2O5. The summed E-state index contributed by atoms with van der Waals surface area (Å²) in [4.78, 5) is 24.7. The summed E-state index contributed by atoms with van der Waals surface area (Å²) < 4.78 is 114. The smallest absolute Gasteiger partial charge is 0.419 e. The Labute approximate surface area is 235 Å². The fourth-order valence-electron chi connectivity index (χ4n) is 4.68. The molecule has 3 N–H and O–H groups in total. The third kappa shape index (κ3) is 9.46. The van der Waals surface area contributed by atoms with Gasteiger partial charge in [0.2, 0.25) is 0 Å². The van der Waals surface area contributed by atoms with Crippen LogP contribution >= 0.6 is 0 Å². The summed E-state index contributed by atoms with van der Waals surface area (Å²) in [6, 6.07) is 3.76. The maximum Gasteiger partial charge on any atom is 0.419 e. The number of amides is 2. The molecule has 0 saturated heterocycles. The average molecular weight is 613 g/mol. The van der Waals surface area contributed by atoms with Gasteiger partial charge in [-0.05, 0) is 43.5 Å². The van der Waals surface area contributed by atoms with Crippen molar-refractivity contribution < 1.29 is 59.3 Å². The van der Waals surface area contributed by atoms with Crippen molar-refractivity contribution in [1.82, 2.24) is 10.6 Å². The van der Waals surface area contributed by atoms with Gasteiger partial charge in [-0.25, -0.2) is 8.78 Å². The zero-order valence-electron chi connectivity index (χ0n) is 22.0. The number of hydrogen-bond acceptors (Lipinski definition) is 5. The molecular weight excluding hydrogens is 584 g/mol. The Morgan fingerprint density at radius 1 is 0.810 bits per heavy atom. The first kappa shape index (κ1) is 32.9. The molecule has 2 aromatic carbocycles. The quantitative estimate of drug-likeness (QED) is 0.306. The fourth-order valence-corrected chi connectivity index (χ4v) is 4.68. The van der Waals surface area contributed by atoms with E-state index in [0.29, 0.717) is 37.1 Å². The molecule has 1 aliphatic carbocycles. The summed E-state index contributed by atoms with van der Waals surface area (Å²) in [5.74, 6) is -5.09. The van der Waals surface area contributed by atoms with Crippen molar-refractivity contribution in [3.63, 3.8) is 0 Å². The number of alkyl halides is 6. The molecule has 42 heavy (non-hydrogen) atoms. The molecule has 15 heteroatoms. The van der Waals surface area contributed by atoms with Crippen LogP contribution in [0.5, 0.6) is 11.5 Å². The van der Waals surface area contributed by atoms with E-state index in [9.17, 15) is 49.8 Å². The number of nitrogens with one attached hydrogen (secondary N) is 2.